The number of fused-ring (bicyclic) bond motifs is 3. The first-order valence-corrected chi connectivity index (χ1v) is 6.22. The number of nitrogen functional groups attached to an aromatic ring is 1. The molecular formula is C12H16N4O3. The molecule has 2 heterocycles. The predicted octanol–water partition coefficient (Wildman–Crippen LogP) is 0.690. The van der Waals surface area contributed by atoms with Gasteiger partial charge in [-0.25, -0.2) is 0 Å². The Labute approximate surface area is 110 Å². The van der Waals surface area contributed by atoms with Crippen LogP contribution in [-0.2, 0) is 0 Å². The van der Waals surface area contributed by atoms with E-state index in [-0.39, 0.29) is 17.4 Å². The normalized spacial score (nSPS) is 22.4. The number of anilines is 2. The number of nitro groups is 1. The number of rotatable bonds is 1. The number of benzene rings is 1. The van der Waals surface area contributed by atoms with E-state index >= 15 is 0 Å². The van der Waals surface area contributed by atoms with Gasteiger partial charge in [0.2, 0.25) is 0 Å². The first-order chi connectivity index (χ1) is 9.06. The molecule has 0 radical (unpaired) electrons. The van der Waals surface area contributed by atoms with E-state index in [4.69, 9.17) is 10.5 Å². The molecule has 2 aliphatic heterocycles. The van der Waals surface area contributed by atoms with Crippen molar-refractivity contribution in [3.05, 3.63) is 22.2 Å². The first kappa shape index (κ1) is 12.0. The van der Waals surface area contributed by atoms with E-state index in [2.05, 4.69) is 16.8 Å². The molecule has 2 N–H and O–H groups in total. The molecular weight excluding hydrogens is 248 g/mol. The van der Waals surface area contributed by atoms with Gasteiger partial charge in [-0.05, 0) is 7.05 Å². The summed E-state index contributed by atoms with van der Waals surface area (Å²) in [6, 6.07) is 3.33. The van der Waals surface area contributed by atoms with Crippen LogP contribution in [0.4, 0.5) is 17.1 Å². The number of piperazine rings is 1. The average Bonchev–Trinajstić information content (AvgIpc) is 2.37. The third-order valence-electron chi connectivity index (χ3n) is 3.73. The molecule has 1 aromatic rings. The standard InChI is InChI=1S/C12H16N4O3/c1-14-2-3-15-8(6-14)7-19-12-4-9(13)10(16(17)18)5-11(12)15/h4-5,8H,2-3,6-7,13H2,1H3/t8-/m0/s1. The molecule has 102 valence electrons. The number of nitrogens with two attached hydrogens (primary N) is 1. The van der Waals surface area contributed by atoms with Gasteiger partial charge in [-0.1, -0.05) is 0 Å². The fourth-order valence-electron chi connectivity index (χ4n) is 2.73. The SMILES string of the molecule is CN1CCN2c3cc([N+](=O)[O-])c(N)cc3OC[C@@H]2C1. The van der Waals surface area contributed by atoms with Gasteiger partial charge in [0, 0.05) is 31.8 Å². The van der Waals surface area contributed by atoms with Gasteiger partial charge in [-0.15, -0.1) is 0 Å². The summed E-state index contributed by atoms with van der Waals surface area (Å²) in [7, 11) is 2.07. The van der Waals surface area contributed by atoms with Gasteiger partial charge < -0.3 is 20.3 Å². The molecule has 0 aliphatic carbocycles. The molecule has 1 saturated heterocycles. The van der Waals surface area contributed by atoms with E-state index in [1.54, 1.807) is 6.07 Å². The zero-order valence-corrected chi connectivity index (χ0v) is 10.7. The number of likely N-dealkylation sites (N-methyl/N-ethyl adjacent to an activating group) is 1. The minimum absolute atomic E-state index is 0.0538. The lowest BCUT2D eigenvalue weighted by atomic mass is 10.1. The fourth-order valence-corrected chi connectivity index (χ4v) is 2.73. The Hall–Kier alpha value is -2.02. The zero-order valence-electron chi connectivity index (χ0n) is 10.7. The monoisotopic (exact) mass is 264 g/mol. The fraction of sp³-hybridized carbons (Fsp3) is 0.500. The lowest BCUT2D eigenvalue weighted by Gasteiger charge is -2.44. The number of hydrogen-bond donors (Lipinski definition) is 1. The Kier molecular flexibility index (Phi) is 2.70. The highest BCUT2D eigenvalue weighted by Crippen LogP contribution is 2.40. The Morgan fingerprint density at radius 1 is 1.47 bits per heavy atom. The van der Waals surface area contributed by atoms with Crippen molar-refractivity contribution in [3.63, 3.8) is 0 Å². The molecule has 1 fully saturated rings. The van der Waals surface area contributed by atoms with Gasteiger partial charge in [0.05, 0.1) is 16.7 Å². The van der Waals surface area contributed by atoms with Crippen LogP contribution in [0.2, 0.25) is 0 Å². The van der Waals surface area contributed by atoms with Crippen LogP contribution in [0.5, 0.6) is 5.75 Å². The van der Waals surface area contributed by atoms with Crippen molar-refractivity contribution < 1.29 is 9.66 Å². The predicted molar refractivity (Wildman–Crippen MR) is 71.6 cm³/mol. The second-order valence-corrected chi connectivity index (χ2v) is 5.06. The molecule has 2 aliphatic rings. The molecule has 7 heteroatoms. The summed E-state index contributed by atoms with van der Waals surface area (Å²) in [5.41, 5.74) is 6.57. The van der Waals surface area contributed by atoms with Crippen molar-refractivity contribution >= 4 is 17.1 Å². The molecule has 7 nitrogen and oxygen atoms in total. The minimum atomic E-state index is -0.449. The molecule has 1 atom stereocenters. The highest BCUT2D eigenvalue weighted by molar-refractivity contribution is 5.74. The average molecular weight is 264 g/mol. The van der Waals surface area contributed by atoms with E-state index in [9.17, 15) is 10.1 Å². The van der Waals surface area contributed by atoms with Gasteiger partial charge in [-0.3, -0.25) is 10.1 Å². The van der Waals surface area contributed by atoms with Crippen LogP contribution in [0, 0.1) is 10.1 Å². The molecule has 0 saturated carbocycles. The third kappa shape index (κ3) is 1.95. The maximum atomic E-state index is 11.0. The van der Waals surface area contributed by atoms with Gasteiger partial charge in [-0.2, -0.15) is 0 Å². The topological polar surface area (TPSA) is 84.9 Å². The summed E-state index contributed by atoms with van der Waals surface area (Å²) in [6.45, 7) is 3.28. The second-order valence-electron chi connectivity index (χ2n) is 5.06. The van der Waals surface area contributed by atoms with Crippen LogP contribution in [0.15, 0.2) is 12.1 Å². The lowest BCUT2D eigenvalue weighted by Crippen LogP contribution is -2.56. The van der Waals surface area contributed by atoms with E-state index in [0.717, 1.165) is 25.3 Å². The molecule has 3 rings (SSSR count). The molecule has 0 aromatic heterocycles. The van der Waals surface area contributed by atoms with Crippen LogP contribution in [0.25, 0.3) is 0 Å². The van der Waals surface area contributed by atoms with E-state index < -0.39 is 4.92 Å². The number of nitro benzene ring substituents is 1. The zero-order chi connectivity index (χ0) is 13.6. The number of nitrogens with zero attached hydrogens (tertiary/aromatic N) is 3. The van der Waals surface area contributed by atoms with Crippen molar-refractivity contribution in [1.82, 2.24) is 4.90 Å². The molecule has 19 heavy (non-hydrogen) atoms. The summed E-state index contributed by atoms with van der Waals surface area (Å²) >= 11 is 0. The van der Waals surface area contributed by atoms with Gasteiger partial charge >= 0.3 is 0 Å². The summed E-state index contributed by atoms with van der Waals surface area (Å²) in [6.07, 6.45) is 0. The maximum absolute atomic E-state index is 11.0. The van der Waals surface area contributed by atoms with Crippen molar-refractivity contribution in [2.45, 2.75) is 6.04 Å². The van der Waals surface area contributed by atoms with Crippen molar-refractivity contribution in [2.24, 2.45) is 0 Å². The van der Waals surface area contributed by atoms with E-state index in [1.165, 1.54) is 6.07 Å². The molecule has 0 unspecified atom stereocenters. The van der Waals surface area contributed by atoms with Crippen LogP contribution < -0.4 is 15.4 Å². The van der Waals surface area contributed by atoms with E-state index in [1.807, 2.05) is 0 Å². The van der Waals surface area contributed by atoms with E-state index in [0.29, 0.717) is 12.4 Å². The summed E-state index contributed by atoms with van der Waals surface area (Å²) in [5, 5.41) is 11.0. The van der Waals surface area contributed by atoms with Gasteiger partial charge in [0.1, 0.15) is 18.0 Å². The largest absolute Gasteiger partial charge is 0.489 e. The molecule has 1 aromatic carbocycles. The van der Waals surface area contributed by atoms with Crippen LogP contribution in [0.1, 0.15) is 0 Å². The smallest absolute Gasteiger partial charge is 0.294 e. The third-order valence-corrected chi connectivity index (χ3v) is 3.73. The van der Waals surface area contributed by atoms with Crippen LogP contribution in [-0.4, -0.2) is 49.2 Å². The Morgan fingerprint density at radius 3 is 3.00 bits per heavy atom. The van der Waals surface area contributed by atoms with Gasteiger partial charge in [0.25, 0.3) is 5.69 Å². The summed E-state index contributed by atoms with van der Waals surface area (Å²) in [4.78, 5) is 15.0. The molecule has 0 bridgehead atoms. The highest BCUT2D eigenvalue weighted by atomic mass is 16.6. The van der Waals surface area contributed by atoms with Crippen molar-refractivity contribution in [2.75, 3.05) is 43.9 Å². The van der Waals surface area contributed by atoms with Crippen LogP contribution >= 0.6 is 0 Å². The molecule has 0 spiro atoms. The van der Waals surface area contributed by atoms with Crippen molar-refractivity contribution in [1.29, 1.82) is 0 Å². The maximum Gasteiger partial charge on any atom is 0.294 e. The van der Waals surface area contributed by atoms with Crippen LogP contribution in [0.3, 0.4) is 0 Å². The Bertz CT molecular complexity index is 534. The summed E-state index contributed by atoms with van der Waals surface area (Å²) in [5.74, 6) is 0.643. The summed E-state index contributed by atoms with van der Waals surface area (Å²) < 4.78 is 5.69. The Morgan fingerprint density at radius 2 is 2.26 bits per heavy atom. The second kappa shape index (κ2) is 4.27. The highest BCUT2D eigenvalue weighted by Gasteiger charge is 2.33. The minimum Gasteiger partial charge on any atom is -0.489 e. The number of hydrogen-bond acceptors (Lipinski definition) is 6. The Balaban J connectivity index is 2.02. The quantitative estimate of drug-likeness (QED) is 0.456. The van der Waals surface area contributed by atoms with Crippen molar-refractivity contribution in [3.8, 4) is 5.75 Å². The first-order valence-electron chi connectivity index (χ1n) is 6.22. The lowest BCUT2D eigenvalue weighted by molar-refractivity contribution is -0.383. The molecule has 0 amide bonds. The number of ether oxygens (including phenoxy) is 1. The van der Waals surface area contributed by atoms with Gasteiger partial charge in [0.15, 0.2) is 0 Å².